The maximum atomic E-state index is 15.1. The molecule has 34 heavy (non-hydrogen) atoms. The van der Waals surface area contributed by atoms with Crippen LogP contribution >= 0.6 is 21.0 Å². The van der Waals surface area contributed by atoms with Gasteiger partial charge in [0.1, 0.15) is 11.9 Å². The highest BCUT2D eigenvalue weighted by Crippen LogP contribution is 2.53. The highest BCUT2D eigenvalue weighted by Gasteiger charge is 2.41. The number of aromatic amines is 1. The van der Waals surface area contributed by atoms with Crippen LogP contribution in [-0.2, 0) is 0 Å². The summed E-state index contributed by atoms with van der Waals surface area (Å²) in [7, 11) is -2.18. The Labute approximate surface area is 203 Å². The molecule has 0 aliphatic carbocycles. The lowest BCUT2D eigenvalue weighted by atomic mass is 9.92. The third-order valence-electron chi connectivity index (χ3n) is 6.43. The Bertz CT molecular complexity index is 1400. The molecule has 0 bridgehead atoms. The maximum absolute atomic E-state index is 15.1. The largest absolute Gasteiger partial charge is 0.434 e. The fraction of sp³-hybridized carbons (Fsp3) is 0.333. The van der Waals surface area contributed by atoms with E-state index in [1.54, 1.807) is 12.1 Å². The fourth-order valence-corrected chi connectivity index (χ4v) is 6.75. The van der Waals surface area contributed by atoms with Gasteiger partial charge in [0.15, 0.2) is 0 Å². The Kier molecular flexibility index (Phi) is 6.41. The van der Waals surface area contributed by atoms with Crippen molar-refractivity contribution in [1.82, 2.24) is 14.5 Å². The molecule has 1 aromatic heterocycles. The van der Waals surface area contributed by atoms with Crippen molar-refractivity contribution < 1.29 is 8.81 Å². The van der Waals surface area contributed by atoms with E-state index in [2.05, 4.69) is 40.7 Å². The number of benzene rings is 2. The Morgan fingerprint density at radius 3 is 2.59 bits per heavy atom. The Morgan fingerprint density at radius 1 is 1.26 bits per heavy atom. The second kappa shape index (κ2) is 8.88. The van der Waals surface area contributed by atoms with Gasteiger partial charge in [-0.3, -0.25) is 0 Å². The number of nitrogens with one attached hydrogen (secondary N) is 1. The standard InChI is InChI=1S/C24H29ClFN5O2S/c1-13(2)30-12-31(34(5,6)19-10-8-16(25)11-18(19)30)22(23-28-29-24(32)33-23)21(27)20-15(4)14(3)7-9-17(20)26/h7-11,13,21-22H,5-6,12,27H2,1-4H3,(H,29,32). The molecule has 4 rings (SSSR count). The molecule has 0 amide bonds. The van der Waals surface area contributed by atoms with Crippen molar-refractivity contribution in [3.05, 3.63) is 74.3 Å². The zero-order chi connectivity index (χ0) is 24.9. The van der Waals surface area contributed by atoms with Crippen LogP contribution in [0, 0.1) is 19.7 Å². The van der Waals surface area contributed by atoms with Crippen LogP contribution in [0.1, 0.15) is 48.5 Å². The topological polar surface area (TPSA) is 91.4 Å². The number of rotatable bonds is 5. The lowest BCUT2D eigenvalue weighted by molar-refractivity contribution is 0.243. The summed E-state index contributed by atoms with van der Waals surface area (Å²) in [6.45, 7) is 8.20. The predicted molar refractivity (Wildman–Crippen MR) is 139 cm³/mol. The third kappa shape index (κ3) is 4.07. The molecule has 0 fully saturated rings. The van der Waals surface area contributed by atoms with Gasteiger partial charge < -0.3 is 15.1 Å². The second-order valence-corrected chi connectivity index (χ2v) is 11.9. The van der Waals surface area contributed by atoms with E-state index in [0.29, 0.717) is 17.3 Å². The summed E-state index contributed by atoms with van der Waals surface area (Å²) in [6, 6.07) is 7.09. The summed E-state index contributed by atoms with van der Waals surface area (Å²) in [5, 5.41) is 7.02. The highest BCUT2D eigenvalue weighted by atomic mass is 35.5. The molecule has 7 nitrogen and oxygen atoms in total. The van der Waals surface area contributed by atoms with Crippen LogP contribution in [0.3, 0.4) is 0 Å². The van der Waals surface area contributed by atoms with E-state index < -0.39 is 33.0 Å². The molecule has 2 aromatic carbocycles. The molecular formula is C24H29ClFN5O2S. The number of hydrogen-bond donors (Lipinski definition) is 2. The molecule has 2 atom stereocenters. The number of nitrogens with two attached hydrogens (primary N) is 1. The first-order valence-corrected chi connectivity index (χ1v) is 13.1. The van der Waals surface area contributed by atoms with Crippen molar-refractivity contribution in [2.24, 2.45) is 5.73 Å². The van der Waals surface area contributed by atoms with E-state index in [1.165, 1.54) is 6.07 Å². The van der Waals surface area contributed by atoms with Crippen molar-refractivity contribution in [2.75, 3.05) is 11.6 Å². The van der Waals surface area contributed by atoms with Crippen LogP contribution < -0.4 is 16.4 Å². The molecule has 0 radical (unpaired) electrons. The van der Waals surface area contributed by atoms with Crippen molar-refractivity contribution in [3.63, 3.8) is 0 Å². The summed E-state index contributed by atoms with van der Waals surface area (Å²) in [5.74, 6) is 7.89. The van der Waals surface area contributed by atoms with E-state index in [4.69, 9.17) is 21.8 Å². The van der Waals surface area contributed by atoms with E-state index in [1.807, 2.05) is 30.3 Å². The summed E-state index contributed by atoms with van der Waals surface area (Å²) < 4.78 is 22.5. The molecule has 2 unspecified atom stereocenters. The second-order valence-electron chi connectivity index (χ2n) is 8.90. The van der Waals surface area contributed by atoms with Crippen LogP contribution in [0.5, 0.6) is 0 Å². The normalized spacial score (nSPS) is 17.6. The van der Waals surface area contributed by atoms with Crippen LogP contribution in [0.4, 0.5) is 10.1 Å². The van der Waals surface area contributed by atoms with E-state index in [-0.39, 0.29) is 11.9 Å². The lowest BCUT2D eigenvalue weighted by Crippen LogP contribution is -2.47. The van der Waals surface area contributed by atoms with Gasteiger partial charge >= 0.3 is 5.76 Å². The molecule has 1 aliphatic rings. The van der Waals surface area contributed by atoms with Gasteiger partial charge in [0.25, 0.3) is 0 Å². The van der Waals surface area contributed by atoms with E-state index in [0.717, 1.165) is 21.7 Å². The summed E-state index contributed by atoms with van der Waals surface area (Å²) in [5.41, 5.74) is 9.70. The number of anilines is 1. The van der Waals surface area contributed by atoms with Crippen molar-refractivity contribution in [1.29, 1.82) is 0 Å². The zero-order valence-electron chi connectivity index (χ0n) is 19.6. The molecule has 1 aliphatic heterocycles. The summed E-state index contributed by atoms with van der Waals surface area (Å²) in [6.07, 6.45) is 0. The first-order valence-electron chi connectivity index (χ1n) is 10.8. The first-order chi connectivity index (χ1) is 15.9. The number of aromatic nitrogens is 2. The van der Waals surface area contributed by atoms with E-state index in [9.17, 15) is 4.79 Å². The minimum Gasteiger partial charge on any atom is -0.391 e. The average Bonchev–Trinajstić information content (AvgIpc) is 3.18. The van der Waals surface area contributed by atoms with Gasteiger partial charge in [0, 0.05) is 21.5 Å². The Balaban J connectivity index is 1.95. The Hall–Kier alpha value is -2.59. The number of nitrogens with zero attached hydrogens (tertiary/aromatic N) is 3. The monoisotopic (exact) mass is 505 g/mol. The van der Waals surface area contributed by atoms with E-state index >= 15 is 4.39 Å². The SMILES string of the molecule is C=S1(=C)c2ccc(Cl)cc2N(C(C)C)CN1C(c1n[nH]c(=O)o1)C(N)c1c(F)ccc(C)c1C. The smallest absolute Gasteiger partial charge is 0.391 e. The summed E-state index contributed by atoms with van der Waals surface area (Å²) in [4.78, 5) is 15.0. The number of halogens is 2. The Morgan fingerprint density at radius 2 is 1.97 bits per heavy atom. The minimum absolute atomic E-state index is 0.0584. The van der Waals surface area contributed by atoms with Crippen molar-refractivity contribution in [3.8, 4) is 0 Å². The quantitative estimate of drug-likeness (QED) is 0.491. The van der Waals surface area contributed by atoms with Gasteiger partial charge in [-0.15, -0.1) is 14.5 Å². The molecular weight excluding hydrogens is 477 g/mol. The highest BCUT2D eigenvalue weighted by molar-refractivity contribution is 8.26. The number of hydrogen-bond acceptors (Lipinski definition) is 6. The summed E-state index contributed by atoms with van der Waals surface area (Å²) >= 11 is 6.32. The van der Waals surface area contributed by atoms with Crippen LogP contribution in [0.2, 0.25) is 5.02 Å². The molecule has 2 heterocycles. The number of H-pyrrole nitrogens is 1. The molecule has 182 valence electrons. The van der Waals surface area contributed by atoms with Crippen LogP contribution in [-0.4, -0.2) is 39.0 Å². The third-order valence-corrected chi connectivity index (χ3v) is 9.07. The number of fused-ring (bicyclic) bond motifs is 1. The molecule has 0 spiro atoms. The molecule has 3 N–H and O–H groups in total. The first kappa shape index (κ1) is 24.5. The molecule has 3 aromatic rings. The zero-order valence-corrected chi connectivity index (χ0v) is 21.2. The number of aryl methyl sites for hydroxylation is 1. The van der Waals surface area contributed by atoms with Gasteiger partial charge in [-0.1, -0.05) is 29.4 Å². The average molecular weight is 506 g/mol. The fourth-order valence-electron chi connectivity index (χ4n) is 4.44. The van der Waals surface area contributed by atoms with Crippen molar-refractivity contribution >= 4 is 38.4 Å². The van der Waals surface area contributed by atoms with Gasteiger partial charge in [0.05, 0.1) is 18.4 Å². The van der Waals surface area contributed by atoms with Gasteiger partial charge in [-0.2, -0.15) is 0 Å². The van der Waals surface area contributed by atoms with Gasteiger partial charge in [-0.25, -0.2) is 18.6 Å². The maximum Gasteiger partial charge on any atom is 0.434 e. The van der Waals surface area contributed by atoms with Crippen LogP contribution in [0.15, 0.2) is 44.4 Å². The van der Waals surface area contributed by atoms with Gasteiger partial charge in [-0.05, 0) is 63.1 Å². The molecule has 10 heteroatoms. The van der Waals surface area contributed by atoms with Crippen LogP contribution in [0.25, 0.3) is 0 Å². The van der Waals surface area contributed by atoms with Crippen molar-refractivity contribution in [2.45, 2.75) is 50.7 Å². The predicted octanol–water partition coefficient (Wildman–Crippen LogP) is 4.64. The molecule has 0 saturated heterocycles. The molecule has 0 saturated carbocycles. The van der Waals surface area contributed by atoms with Gasteiger partial charge in [0.2, 0.25) is 5.89 Å². The lowest BCUT2D eigenvalue weighted by Gasteiger charge is -2.48. The minimum atomic E-state index is -2.18.